The van der Waals surface area contributed by atoms with Gasteiger partial charge in [-0.1, -0.05) is 36.4 Å². The molecule has 0 bridgehead atoms. The van der Waals surface area contributed by atoms with Gasteiger partial charge in [-0.15, -0.1) is 11.3 Å². The number of aromatic nitrogens is 1. The maximum absolute atomic E-state index is 4.59. The molecule has 3 aromatic rings. The van der Waals surface area contributed by atoms with Crippen LogP contribution in [-0.4, -0.2) is 12.0 Å². The molecule has 0 aliphatic heterocycles. The van der Waals surface area contributed by atoms with Crippen LogP contribution in [0.25, 0.3) is 10.8 Å². The Balaban J connectivity index is 2.06. The minimum atomic E-state index is 0.170. The van der Waals surface area contributed by atoms with Crippen molar-refractivity contribution in [3.63, 3.8) is 0 Å². The van der Waals surface area contributed by atoms with Crippen molar-refractivity contribution in [2.45, 2.75) is 13.0 Å². The van der Waals surface area contributed by atoms with Crippen molar-refractivity contribution >= 4 is 22.1 Å². The van der Waals surface area contributed by atoms with Gasteiger partial charge < -0.3 is 5.32 Å². The zero-order chi connectivity index (χ0) is 13.2. The van der Waals surface area contributed by atoms with Crippen molar-refractivity contribution in [1.29, 1.82) is 0 Å². The van der Waals surface area contributed by atoms with Gasteiger partial charge in [0.1, 0.15) is 5.01 Å². The highest BCUT2D eigenvalue weighted by atomic mass is 32.1. The Kier molecular flexibility index (Phi) is 3.32. The first-order chi connectivity index (χ1) is 9.28. The maximum Gasteiger partial charge on any atom is 0.114 e. The van der Waals surface area contributed by atoms with Crippen molar-refractivity contribution in [2.24, 2.45) is 0 Å². The molecule has 0 radical (unpaired) electrons. The Labute approximate surface area is 117 Å². The number of nitrogens with one attached hydrogen (secondary N) is 1. The van der Waals surface area contributed by atoms with Crippen LogP contribution in [0.15, 0.2) is 47.8 Å². The van der Waals surface area contributed by atoms with Gasteiger partial charge >= 0.3 is 0 Å². The molecule has 3 heteroatoms. The molecule has 0 aliphatic carbocycles. The van der Waals surface area contributed by atoms with Gasteiger partial charge in [0, 0.05) is 11.1 Å². The van der Waals surface area contributed by atoms with Crippen molar-refractivity contribution in [1.82, 2.24) is 10.3 Å². The third-order valence-corrected chi connectivity index (χ3v) is 4.31. The number of benzene rings is 2. The second-order valence-electron chi connectivity index (χ2n) is 4.66. The average Bonchev–Trinajstić information content (AvgIpc) is 2.86. The van der Waals surface area contributed by atoms with E-state index >= 15 is 0 Å². The smallest absolute Gasteiger partial charge is 0.114 e. The number of fused-ring (bicyclic) bond motifs is 1. The molecule has 2 nitrogen and oxygen atoms in total. The molecule has 96 valence electrons. The Morgan fingerprint density at radius 1 is 1.11 bits per heavy atom. The molecule has 1 heterocycles. The molecule has 3 rings (SSSR count). The van der Waals surface area contributed by atoms with E-state index in [4.69, 9.17) is 0 Å². The van der Waals surface area contributed by atoms with Gasteiger partial charge in [-0.25, -0.2) is 4.98 Å². The summed E-state index contributed by atoms with van der Waals surface area (Å²) in [7, 11) is 1.98. The van der Waals surface area contributed by atoms with E-state index in [0.717, 1.165) is 10.7 Å². The van der Waals surface area contributed by atoms with E-state index in [9.17, 15) is 0 Å². The summed E-state index contributed by atoms with van der Waals surface area (Å²) in [5.74, 6) is 0. The van der Waals surface area contributed by atoms with Crippen LogP contribution in [0.5, 0.6) is 0 Å². The van der Waals surface area contributed by atoms with Crippen LogP contribution in [0.4, 0.5) is 0 Å². The van der Waals surface area contributed by atoms with Crippen molar-refractivity contribution in [3.8, 4) is 0 Å². The lowest BCUT2D eigenvalue weighted by Crippen LogP contribution is -2.17. The summed E-state index contributed by atoms with van der Waals surface area (Å²) in [6.45, 7) is 2.03. The van der Waals surface area contributed by atoms with Crippen LogP contribution in [0.3, 0.4) is 0 Å². The minimum absolute atomic E-state index is 0.170. The van der Waals surface area contributed by atoms with E-state index < -0.39 is 0 Å². The number of rotatable bonds is 3. The predicted molar refractivity (Wildman–Crippen MR) is 81.7 cm³/mol. The Morgan fingerprint density at radius 2 is 1.89 bits per heavy atom. The first-order valence-corrected chi connectivity index (χ1v) is 7.24. The topological polar surface area (TPSA) is 24.9 Å². The van der Waals surface area contributed by atoms with Crippen LogP contribution >= 0.6 is 11.3 Å². The Morgan fingerprint density at radius 3 is 2.58 bits per heavy atom. The van der Waals surface area contributed by atoms with Gasteiger partial charge in [-0.2, -0.15) is 0 Å². The van der Waals surface area contributed by atoms with E-state index in [0.29, 0.717) is 0 Å². The molecule has 0 fully saturated rings. The van der Waals surface area contributed by atoms with Gasteiger partial charge in [0.25, 0.3) is 0 Å². The zero-order valence-electron chi connectivity index (χ0n) is 11.1. The minimum Gasteiger partial charge on any atom is -0.307 e. The molecule has 0 saturated heterocycles. The largest absolute Gasteiger partial charge is 0.307 e. The third kappa shape index (κ3) is 2.39. The summed E-state index contributed by atoms with van der Waals surface area (Å²) in [6, 6.07) is 15.2. The van der Waals surface area contributed by atoms with Gasteiger partial charge in [0.05, 0.1) is 6.04 Å². The molecule has 0 amide bonds. The molecule has 0 saturated carbocycles. The SMILES string of the molecule is CNC(c1ccc2ccccc2c1)c1nc(C)cs1. The molecule has 1 N–H and O–H groups in total. The summed E-state index contributed by atoms with van der Waals surface area (Å²) in [6.07, 6.45) is 0. The van der Waals surface area contributed by atoms with Crippen molar-refractivity contribution in [3.05, 3.63) is 64.1 Å². The lowest BCUT2D eigenvalue weighted by molar-refractivity contribution is 0.686. The summed E-state index contributed by atoms with van der Waals surface area (Å²) >= 11 is 1.71. The molecular weight excluding hydrogens is 252 g/mol. The normalized spacial score (nSPS) is 12.7. The Hall–Kier alpha value is -1.71. The highest BCUT2D eigenvalue weighted by molar-refractivity contribution is 7.09. The van der Waals surface area contributed by atoms with Crippen LogP contribution in [-0.2, 0) is 0 Å². The maximum atomic E-state index is 4.59. The fourth-order valence-corrected chi connectivity index (χ4v) is 3.26. The number of aryl methyl sites for hydroxylation is 1. The quantitative estimate of drug-likeness (QED) is 0.779. The predicted octanol–water partition coefficient (Wildman–Crippen LogP) is 3.91. The van der Waals surface area contributed by atoms with Crippen LogP contribution in [0.2, 0.25) is 0 Å². The number of hydrogen-bond donors (Lipinski definition) is 1. The fourth-order valence-electron chi connectivity index (χ4n) is 2.32. The van der Waals surface area contributed by atoms with Crippen molar-refractivity contribution < 1.29 is 0 Å². The summed E-state index contributed by atoms with van der Waals surface area (Å²) in [4.78, 5) is 4.59. The monoisotopic (exact) mass is 268 g/mol. The van der Waals surface area contributed by atoms with Crippen LogP contribution < -0.4 is 5.32 Å². The zero-order valence-corrected chi connectivity index (χ0v) is 11.9. The van der Waals surface area contributed by atoms with Crippen LogP contribution in [0.1, 0.15) is 22.3 Å². The van der Waals surface area contributed by atoms with Crippen LogP contribution in [0, 0.1) is 6.92 Å². The van der Waals surface area contributed by atoms with Gasteiger partial charge in [0.15, 0.2) is 0 Å². The molecule has 1 atom stereocenters. The fraction of sp³-hybridized carbons (Fsp3) is 0.188. The van der Waals surface area contributed by atoms with E-state index in [-0.39, 0.29) is 6.04 Å². The van der Waals surface area contributed by atoms with E-state index in [1.165, 1.54) is 16.3 Å². The molecule has 19 heavy (non-hydrogen) atoms. The highest BCUT2D eigenvalue weighted by Gasteiger charge is 2.15. The number of nitrogens with zero attached hydrogens (tertiary/aromatic N) is 1. The van der Waals surface area contributed by atoms with E-state index in [1.807, 2.05) is 14.0 Å². The number of thiazole rings is 1. The average molecular weight is 268 g/mol. The number of hydrogen-bond acceptors (Lipinski definition) is 3. The summed E-state index contributed by atoms with van der Waals surface area (Å²) in [5, 5.41) is 9.13. The molecular formula is C16H16N2S. The third-order valence-electron chi connectivity index (χ3n) is 3.28. The summed E-state index contributed by atoms with van der Waals surface area (Å²) in [5.41, 5.74) is 2.34. The van der Waals surface area contributed by atoms with E-state index in [2.05, 4.69) is 58.1 Å². The molecule has 1 unspecified atom stereocenters. The highest BCUT2D eigenvalue weighted by Crippen LogP contribution is 2.27. The first kappa shape index (κ1) is 12.3. The lowest BCUT2D eigenvalue weighted by atomic mass is 10.0. The molecule has 1 aromatic heterocycles. The Bertz CT molecular complexity index is 703. The molecule has 2 aromatic carbocycles. The van der Waals surface area contributed by atoms with Gasteiger partial charge in [-0.3, -0.25) is 0 Å². The van der Waals surface area contributed by atoms with Gasteiger partial charge in [0.2, 0.25) is 0 Å². The summed E-state index contributed by atoms with van der Waals surface area (Å²) < 4.78 is 0. The molecule has 0 aliphatic rings. The first-order valence-electron chi connectivity index (χ1n) is 6.36. The van der Waals surface area contributed by atoms with E-state index in [1.54, 1.807) is 11.3 Å². The van der Waals surface area contributed by atoms with Gasteiger partial charge in [-0.05, 0) is 36.4 Å². The second kappa shape index (κ2) is 5.11. The second-order valence-corrected chi connectivity index (χ2v) is 5.55. The van der Waals surface area contributed by atoms with Crippen molar-refractivity contribution in [2.75, 3.05) is 7.05 Å². The molecule has 0 spiro atoms. The lowest BCUT2D eigenvalue weighted by Gasteiger charge is -2.14. The standard InChI is InChI=1S/C16H16N2S/c1-11-10-19-16(18-11)15(17-2)14-8-7-12-5-3-4-6-13(12)9-14/h3-10,15,17H,1-2H3.